The van der Waals surface area contributed by atoms with Gasteiger partial charge in [-0.15, -0.1) is 0 Å². The molecule has 0 aliphatic carbocycles. The van der Waals surface area contributed by atoms with Gasteiger partial charge in [-0.25, -0.2) is 0 Å². The standard InChI is InChI=1S/C33H34N2O9/c1-18-28(40-5)23(14-26(39-4)30(18)41-6)13-25-32(37)34-24(33(38)35(25)20(3)36)12-22-15-27-31(44-17-43-27)19(2)29(22)42-16-21-10-8-7-9-11-21/h7-12,14-15,25H,13,16-17H2,1-6H3,(H,34,37)/b24-12-. The zero-order valence-electron chi connectivity index (χ0n) is 25.4. The van der Waals surface area contributed by atoms with Gasteiger partial charge in [0, 0.05) is 35.6 Å². The second kappa shape index (κ2) is 12.6. The molecular weight excluding hydrogens is 568 g/mol. The number of imide groups is 1. The van der Waals surface area contributed by atoms with Crippen LogP contribution in [0, 0.1) is 13.8 Å². The number of benzene rings is 3. The Balaban J connectivity index is 1.51. The summed E-state index contributed by atoms with van der Waals surface area (Å²) in [5.41, 5.74) is 3.23. The zero-order chi connectivity index (χ0) is 31.5. The summed E-state index contributed by atoms with van der Waals surface area (Å²) in [5, 5.41) is 2.72. The van der Waals surface area contributed by atoms with Gasteiger partial charge in [0.25, 0.3) is 5.91 Å². The van der Waals surface area contributed by atoms with Gasteiger partial charge in [-0.05, 0) is 37.6 Å². The van der Waals surface area contributed by atoms with Crippen LogP contribution in [0.15, 0.2) is 48.2 Å². The van der Waals surface area contributed by atoms with E-state index in [1.54, 1.807) is 19.1 Å². The molecule has 3 aromatic carbocycles. The molecule has 1 atom stereocenters. The second-order valence-corrected chi connectivity index (χ2v) is 10.3. The van der Waals surface area contributed by atoms with Gasteiger partial charge < -0.3 is 33.7 Å². The van der Waals surface area contributed by atoms with Crippen molar-refractivity contribution >= 4 is 23.8 Å². The van der Waals surface area contributed by atoms with Gasteiger partial charge in [0.1, 0.15) is 29.8 Å². The van der Waals surface area contributed by atoms with Crippen molar-refractivity contribution in [2.45, 2.75) is 39.8 Å². The number of hydrogen-bond donors (Lipinski definition) is 1. The molecule has 11 heteroatoms. The minimum atomic E-state index is -1.14. The summed E-state index contributed by atoms with van der Waals surface area (Å²) in [4.78, 5) is 41.3. The largest absolute Gasteiger partial charge is 0.496 e. The number of carbonyl (C=O) groups excluding carboxylic acids is 3. The van der Waals surface area contributed by atoms with Crippen molar-refractivity contribution in [1.29, 1.82) is 0 Å². The van der Waals surface area contributed by atoms with E-state index in [4.69, 9.17) is 28.4 Å². The molecule has 44 heavy (non-hydrogen) atoms. The average Bonchev–Trinajstić information content (AvgIpc) is 3.48. The number of methoxy groups -OCH3 is 3. The summed E-state index contributed by atoms with van der Waals surface area (Å²) >= 11 is 0. The molecule has 3 amide bonds. The molecular formula is C33H34N2O9. The number of amides is 3. The topological polar surface area (TPSA) is 122 Å². The molecule has 230 valence electrons. The molecule has 0 radical (unpaired) electrons. The molecule has 0 bridgehead atoms. The highest BCUT2D eigenvalue weighted by Gasteiger charge is 2.41. The molecule has 1 fully saturated rings. The van der Waals surface area contributed by atoms with E-state index in [0.29, 0.717) is 56.8 Å². The molecule has 0 spiro atoms. The maximum Gasteiger partial charge on any atom is 0.277 e. The van der Waals surface area contributed by atoms with Crippen LogP contribution in [-0.2, 0) is 27.4 Å². The van der Waals surface area contributed by atoms with Crippen LogP contribution in [0.4, 0.5) is 0 Å². The fraction of sp³-hybridized carbons (Fsp3) is 0.303. The Morgan fingerprint density at radius 2 is 1.70 bits per heavy atom. The summed E-state index contributed by atoms with van der Waals surface area (Å²) in [7, 11) is 4.51. The predicted molar refractivity (Wildman–Crippen MR) is 160 cm³/mol. The van der Waals surface area contributed by atoms with Crippen LogP contribution in [0.1, 0.15) is 34.7 Å². The van der Waals surface area contributed by atoms with Crippen molar-refractivity contribution in [3.63, 3.8) is 0 Å². The average molecular weight is 603 g/mol. The number of nitrogens with one attached hydrogen (secondary N) is 1. The third-order valence-corrected chi connectivity index (χ3v) is 7.60. The van der Waals surface area contributed by atoms with E-state index < -0.39 is 23.8 Å². The fourth-order valence-electron chi connectivity index (χ4n) is 5.57. The lowest BCUT2D eigenvalue weighted by Crippen LogP contribution is -2.59. The van der Waals surface area contributed by atoms with E-state index in [9.17, 15) is 14.4 Å². The quantitative estimate of drug-likeness (QED) is 0.361. The Kier molecular flexibility index (Phi) is 8.66. The monoisotopic (exact) mass is 602 g/mol. The molecule has 1 unspecified atom stereocenters. The van der Waals surface area contributed by atoms with Crippen molar-refractivity contribution in [2.75, 3.05) is 28.1 Å². The molecule has 2 aliphatic heterocycles. The Hall–Kier alpha value is -5.19. The minimum absolute atomic E-state index is 0.0105. The van der Waals surface area contributed by atoms with E-state index >= 15 is 0 Å². The third-order valence-electron chi connectivity index (χ3n) is 7.60. The lowest BCUT2D eigenvalue weighted by atomic mass is 9.97. The fourth-order valence-corrected chi connectivity index (χ4v) is 5.57. The Morgan fingerprint density at radius 1 is 0.977 bits per heavy atom. The summed E-state index contributed by atoms with van der Waals surface area (Å²) in [6.07, 6.45) is 1.48. The molecule has 0 aromatic heterocycles. The number of carbonyl (C=O) groups is 3. The Bertz CT molecular complexity index is 1650. The van der Waals surface area contributed by atoms with Crippen molar-refractivity contribution in [1.82, 2.24) is 10.2 Å². The van der Waals surface area contributed by atoms with E-state index in [1.807, 2.05) is 37.3 Å². The molecule has 2 aliphatic rings. The first-order chi connectivity index (χ1) is 21.2. The van der Waals surface area contributed by atoms with Crippen molar-refractivity contribution in [3.8, 4) is 34.5 Å². The van der Waals surface area contributed by atoms with E-state index in [2.05, 4.69) is 5.32 Å². The van der Waals surface area contributed by atoms with E-state index in [1.165, 1.54) is 34.3 Å². The van der Waals surface area contributed by atoms with Gasteiger partial charge in [-0.2, -0.15) is 0 Å². The molecule has 3 aromatic rings. The molecule has 0 saturated carbocycles. The van der Waals surface area contributed by atoms with Crippen LogP contribution >= 0.6 is 0 Å². The maximum atomic E-state index is 13.8. The summed E-state index contributed by atoms with van der Waals surface area (Å²) in [5.74, 6) is 1.06. The van der Waals surface area contributed by atoms with Gasteiger partial charge in [-0.1, -0.05) is 30.3 Å². The molecule has 11 nitrogen and oxygen atoms in total. The number of ether oxygens (including phenoxy) is 6. The number of hydrogen-bond acceptors (Lipinski definition) is 9. The highest BCUT2D eigenvalue weighted by atomic mass is 16.7. The van der Waals surface area contributed by atoms with Gasteiger partial charge in [-0.3, -0.25) is 19.3 Å². The highest BCUT2D eigenvalue weighted by Crippen LogP contribution is 2.44. The summed E-state index contributed by atoms with van der Waals surface area (Å²) in [6, 6.07) is 11.8. The number of fused-ring (bicyclic) bond motifs is 1. The van der Waals surface area contributed by atoms with Gasteiger partial charge >= 0.3 is 0 Å². The van der Waals surface area contributed by atoms with Crippen molar-refractivity contribution in [3.05, 3.63) is 76.0 Å². The lowest BCUT2D eigenvalue weighted by Gasteiger charge is -2.34. The first-order valence-electron chi connectivity index (χ1n) is 13.9. The summed E-state index contributed by atoms with van der Waals surface area (Å²) in [6.45, 7) is 5.17. The van der Waals surface area contributed by atoms with Crippen molar-refractivity contribution < 1.29 is 42.8 Å². The predicted octanol–water partition coefficient (Wildman–Crippen LogP) is 4.09. The van der Waals surface area contributed by atoms with Crippen LogP contribution in [0.3, 0.4) is 0 Å². The second-order valence-electron chi connectivity index (χ2n) is 10.3. The third kappa shape index (κ3) is 5.60. The van der Waals surface area contributed by atoms with Crippen LogP contribution in [0.2, 0.25) is 0 Å². The first kappa shape index (κ1) is 30.3. The van der Waals surface area contributed by atoms with Crippen molar-refractivity contribution in [2.24, 2.45) is 0 Å². The molecule has 1 saturated heterocycles. The van der Waals surface area contributed by atoms with Crippen LogP contribution < -0.4 is 33.7 Å². The first-order valence-corrected chi connectivity index (χ1v) is 13.9. The van der Waals surface area contributed by atoms with Crippen LogP contribution in [0.5, 0.6) is 34.5 Å². The molecule has 1 N–H and O–H groups in total. The smallest absolute Gasteiger partial charge is 0.277 e. The summed E-state index contributed by atoms with van der Waals surface area (Å²) < 4.78 is 34.1. The SMILES string of the molecule is COc1cc(CC2C(=O)N/C(=C\c3cc4c(c(C)c3OCc3ccccc3)OCO4)C(=O)N2C(C)=O)c(OC)c(C)c1OC. The zero-order valence-corrected chi connectivity index (χ0v) is 25.4. The van der Waals surface area contributed by atoms with E-state index in [0.717, 1.165) is 10.5 Å². The lowest BCUT2D eigenvalue weighted by molar-refractivity contribution is -0.152. The number of piperazine rings is 1. The van der Waals surface area contributed by atoms with Crippen LogP contribution in [-0.4, -0.2) is 56.8 Å². The Labute approximate surface area is 255 Å². The van der Waals surface area contributed by atoms with Crippen LogP contribution in [0.25, 0.3) is 6.08 Å². The number of nitrogens with zero attached hydrogens (tertiary/aromatic N) is 1. The molecule has 2 heterocycles. The maximum absolute atomic E-state index is 13.8. The van der Waals surface area contributed by atoms with Gasteiger partial charge in [0.05, 0.1) is 21.3 Å². The highest BCUT2D eigenvalue weighted by molar-refractivity contribution is 6.14. The minimum Gasteiger partial charge on any atom is -0.496 e. The Morgan fingerprint density at radius 3 is 2.36 bits per heavy atom. The van der Waals surface area contributed by atoms with Gasteiger partial charge in [0.2, 0.25) is 18.6 Å². The number of rotatable bonds is 9. The van der Waals surface area contributed by atoms with E-state index in [-0.39, 0.29) is 25.5 Å². The molecule has 5 rings (SSSR count). The normalized spacial score (nSPS) is 16.5. The van der Waals surface area contributed by atoms with Gasteiger partial charge in [0.15, 0.2) is 23.0 Å².